The highest BCUT2D eigenvalue weighted by Crippen LogP contribution is 2.31. The highest BCUT2D eigenvalue weighted by molar-refractivity contribution is 6.35. The van der Waals surface area contributed by atoms with E-state index in [1.807, 2.05) is 6.92 Å². The number of halogens is 2. The van der Waals surface area contributed by atoms with Crippen LogP contribution >= 0.6 is 23.2 Å². The number of pyridine rings is 1. The summed E-state index contributed by atoms with van der Waals surface area (Å²) in [5, 5.41) is 6.65. The SMILES string of the molecule is COCC(C)Nc1nccc(N(C(=O)Nc2ccccn2)c2cc(Cl)cc(Cl)c2)n1. The van der Waals surface area contributed by atoms with E-state index in [2.05, 4.69) is 25.6 Å². The van der Waals surface area contributed by atoms with Gasteiger partial charge in [-0.3, -0.25) is 5.32 Å². The lowest BCUT2D eigenvalue weighted by molar-refractivity contribution is 0.190. The van der Waals surface area contributed by atoms with Gasteiger partial charge in [0.2, 0.25) is 5.95 Å². The van der Waals surface area contributed by atoms with Crippen LogP contribution < -0.4 is 15.5 Å². The van der Waals surface area contributed by atoms with Gasteiger partial charge >= 0.3 is 6.03 Å². The zero-order chi connectivity index (χ0) is 21.5. The molecule has 8 nitrogen and oxygen atoms in total. The molecule has 1 unspecified atom stereocenters. The molecule has 0 aliphatic rings. The van der Waals surface area contributed by atoms with Gasteiger partial charge in [0.05, 0.1) is 12.3 Å². The summed E-state index contributed by atoms with van der Waals surface area (Å²) in [5.41, 5.74) is 0.440. The summed E-state index contributed by atoms with van der Waals surface area (Å²) in [6.45, 7) is 2.41. The molecule has 0 saturated carbocycles. The van der Waals surface area contributed by atoms with Crippen LogP contribution in [0.3, 0.4) is 0 Å². The minimum absolute atomic E-state index is 0.0262. The van der Waals surface area contributed by atoms with E-state index in [1.165, 1.54) is 4.90 Å². The molecule has 3 rings (SSSR count). The average Bonchev–Trinajstić information content (AvgIpc) is 2.68. The van der Waals surface area contributed by atoms with Gasteiger partial charge < -0.3 is 10.1 Å². The third-order valence-corrected chi connectivity index (χ3v) is 4.31. The van der Waals surface area contributed by atoms with Crippen molar-refractivity contribution >= 4 is 52.5 Å². The van der Waals surface area contributed by atoms with Crippen molar-refractivity contribution in [3.8, 4) is 0 Å². The van der Waals surface area contributed by atoms with E-state index < -0.39 is 6.03 Å². The second-order valence-corrected chi connectivity index (χ2v) is 7.22. The molecule has 0 fully saturated rings. The molecule has 0 radical (unpaired) electrons. The molecule has 156 valence electrons. The van der Waals surface area contributed by atoms with Crippen LogP contribution in [0.15, 0.2) is 54.9 Å². The molecule has 2 aromatic heterocycles. The van der Waals surface area contributed by atoms with Crippen molar-refractivity contribution in [3.63, 3.8) is 0 Å². The first-order valence-corrected chi connectivity index (χ1v) is 9.78. The minimum atomic E-state index is -0.485. The number of anilines is 4. The molecule has 2 amide bonds. The highest BCUT2D eigenvalue weighted by atomic mass is 35.5. The number of carbonyl (C=O) groups excluding carboxylic acids is 1. The lowest BCUT2D eigenvalue weighted by Crippen LogP contribution is -2.32. The number of amides is 2. The summed E-state index contributed by atoms with van der Waals surface area (Å²) in [7, 11) is 1.61. The van der Waals surface area contributed by atoms with Crippen molar-refractivity contribution in [3.05, 3.63) is 64.9 Å². The van der Waals surface area contributed by atoms with Crippen molar-refractivity contribution in [2.24, 2.45) is 0 Å². The van der Waals surface area contributed by atoms with Crippen LogP contribution in [0.2, 0.25) is 10.0 Å². The van der Waals surface area contributed by atoms with Crippen molar-refractivity contribution < 1.29 is 9.53 Å². The number of carbonyl (C=O) groups is 1. The molecule has 0 aliphatic heterocycles. The fraction of sp³-hybridized carbons (Fsp3) is 0.200. The Morgan fingerprint density at radius 2 is 1.90 bits per heavy atom. The van der Waals surface area contributed by atoms with Gasteiger partial charge in [0.15, 0.2) is 0 Å². The molecule has 0 spiro atoms. The summed E-state index contributed by atoms with van der Waals surface area (Å²) >= 11 is 12.3. The Kier molecular flexibility index (Phi) is 7.40. The Morgan fingerprint density at radius 3 is 2.57 bits per heavy atom. The molecule has 3 aromatic rings. The van der Waals surface area contributed by atoms with E-state index in [-0.39, 0.29) is 6.04 Å². The lowest BCUT2D eigenvalue weighted by Gasteiger charge is -2.23. The lowest BCUT2D eigenvalue weighted by atomic mass is 10.3. The highest BCUT2D eigenvalue weighted by Gasteiger charge is 2.22. The number of urea groups is 1. The Morgan fingerprint density at radius 1 is 1.13 bits per heavy atom. The number of hydrogen-bond donors (Lipinski definition) is 2. The minimum Gasteiger partial charge on any atom is -0.383 e. The van der Waals surface area contributed by atoms with Crippen LogP contribution in [0.1, 0.15) is 6.92 Å². The average molecular weight is 447 g/mol. The maximum Gasteiger partial charge on any atom is 0.333 e. The molecule has 30 heavy (non-hydrogen) atoms. The van der Waals surface area contributed by atoms with Crippen LogP contribution in [0.4, 0.5) is 28.1 Å². The van der Waals surface area contributed by atoms with E-state index in [1.54, 1.807) is 62.0 Å². The number of rotatable bonds is 7. The molecule has 1 atom stereocenters. The number of benzene rings is 1. The van der Waals surface area contributed by atoms with Crippen molar-refractivity contribution in [1.29, 1.82) is 0 Å². The molecule has 0 saturated heterocycles. The fourth-order valence-corrected chi connectivity index (χ4v) is 3.19. The summed E-state index contributed by atoms with van der Waals surface area (Å²) in [4.78, 5) is 27.3. The van der Waals surface area contributed by atoms with Crippen LogP contribution in [0.25, 0.3) is 0 Å². The largest absolute Gasteiger partial charge is 0.383 e. The van der Waals surface area contributed by atoms with Gasteiger partial charge in [0.1, 0.15) is 11.6 Å². The third-order valence-electron chi connectivity index (χ3n) is 3.87. The van der Waals surface area contributed by atoms with E-state index in [4.69, 9.17) is 27.9 Å². The third kappa shape index (κ3) is 5.79. The molecular formula is C20H20Cl2N6O2. The van der Waals surface area contributed by atoms with Crippen LogP contribution in [0.5, 0.6) is 0 Å². The molecular weight excluding hydrogens is 427 g/mol. The Bertz CT molecular complexity index is 985. The zero-order valence-corrected chi connectivity index (χ0v) is 17.9. The first-order valence-electron chi connectivity index (χ1n) is 9.03. The molecule has 0 bridgehead atoms. The van der Waals surface area contributed by atoms with E-state index in [9.17, 15) is 4.79 Å². The van der Waals surface area contributed by atoms with Gasteiger partial charge in [-0.25, -0.2) is 19.7 Å². The van der Waals surface area contributed by atoms with Gasteiger partial charge in [-0.15, -0.1) is 0 Å². The van der Waals surface area contributed by atoms with Crippen LogP contribution in [0, 0.1) is 0 Å². The van der Waals surface area contributed by atoms with Gasteiger partial charge in [-0.1, -0.05) is 29.3 Å². The van der Waals surface area contributed by atoms with E-state index in [0.717, 1.165) is 0 Å². The van der Waals surface area contributed by atoms with Crippen molar-refractivity contribution in [2.45, 2.75) is 13.0 Å². The quantitative estimate of drug-likeness (QED) is 0.530. The number of aromatic nitrogens is 3. The number of methoxy groups -OCH3 is 1. The molecule has 10 heteroatoms. The number of ether oxygens (including phenoxy) is 1. The summed E-state index contributed by atoms with van der Waals surface area (Å²) in [6, 6.07) is 11.1. The Labute approximate surface area is 184 Å². The monoisotopic (exact) mass is 446 g/mol. The normalized spacial score (nSPS) is 11.6. The molecule has 2 heterocycles. The van der Waals surface area contributed by atoms with Crippen LogP contribution in [-0.2, 0) is 4.74 Å². The van der Waals surface area contributed by atoms with E-state index in [0.29, 0.717) is 39.9 Å². The first kappa shape index (κ1) is 21.8. The number of hydrogen-bond acceptors (Lipinski definition) is 6. The zero-order valence-electron chi connectivity index (χ0n) is 16.3. The Balaban J connectivity index is 1.98. The predicted octanol–water partition coefficient (Wildman–Crippen LogP) is 5.00. The predicted molar refractivity (Wildman–Crippen MR) is 119 cm³/mol. The van der Waals surface area contributed by atoms with Gasteiger partial charge in [-0.05, 0) is 37.3 Å². The van der Waals surface area contributed by atoms with Crippen molar-refractivity contribution in [1.82, 2.24) is 15.0 Å². The summed E-state index contributed by atoms with van der Waals surface area (Å²) in [6.07, 6.45) is 3.14. The standard InChI is InChI=1S/C20H20Cl2N6O2/c1-13(12-30-2)25-19-24-8-6-18(27-19)28(16-10-14(21)9-15(22)11-16)20(29)26-17-5-3-4-7-23-17/h3-11,13H,12H2,1-2H3,(H,23,26,29)(H,24,25,27). The van der Waals surface area contributed by atoms with Gasteiger partial charge in [0.25, 0.3) is 0 Å². The molecule has 0 aliphatic carbocycles. The second-order valence-electron chi connectivity index (χ2n) is 6.35. The Hall–Kier alpha value is -2.94. The molecule has 1 aromatic carbocycles. The summed E-state index contributed by atoms with van der Waals surface area (Å²) < 4.78 is 5.12. The van der Waals surface area contributed by atoms with Crippen LogP contribution in [-0.4, -0.2) is 40.7 Å². The second kappa shape index (κ2) is 10.2. The number of nitrogens with zero attached hydrogens (tertiary/aromatic N) is 4. The van der Waals surface area contributed by atoms with E-state index >= 15 is 0 Å². The summed E-state index contributed by atoms with van der Waals surface area (Å²) in [5.74, 6) is 1.06. The van der Waals surface area contributed by atoms with Gasteiger partial charge in [0, 0.05) is 41.7 Å². The van der Waals surface area contributed by atoms with Gasteiger partial charge in [-0.2, -0.15) is 4.98 Å². The molecule has 2 N–H and O–H groups in total. The fourth-order valence-electron chi connectivity index (χ4n) is 2.68. The maximum absolute atomic E-state index is 13.2. The van der Waals surface area contributed by atoms with Crippen molar-refractivity contribution in [2.75, 3.05) is 29.3 Å². The number of nitrogens with one attached hydrogen (secondary N) is 2. The maximum atomic E-state index is 13.2. The first-order chi connectivity index (χ1) is 14.5. The topological polar surface area (TPSA) is 92.3 Å². The smallest absolute Gasteiger partial charge is 0.333 e.